The van der Waals surface area contributed by atoms with Crippen molar-refractivity contribution in [2.45, 2.75) is 32.7 Å². The Morgan fingerprint density at radius 3 is 2.83 bits per heavy atom. The molecule has 5 nitrogen and oxygen atoms in total. The number of nitrogens with two attached hydrogens (primary N) is 1. The number of nitrogens with one attached hydrogen (secondary N) is 2. The Labute approximate surface area is 111 Å². The normalized spacial score (nSPS) is 14.2. The summed E-state index contributed by atoms with van der Waals surface area (Å²) in [4.78, 5) is 0. The monoisotopic (exact) mass is 270 g/mol. The predicted octanol–water partition coefficient (Wildman–Crippen LogP) is 1.41. The van der Waals surface area contributed by atoms with Crippen molar-refractivity contribution in [1.29, 1.82) is 0 Å². The Bertz CT molecular complexity index is 412. The molecule has 0 radical (unpaired) electrons. The van der Waals surface area contributed by atoms with E-state index in [1.54, 1.807) is 6.92 Å². The van der Waals surface area contributed by atoms with E-state index in [1.165, 1.54) is 0 Å². The van der Waals surface area contributed by atoms with Crippen molar-refractivity contribution in [3.63, 3.8) is 0 Å². The van der Waals surface area contributed by atoms with E-state index in [0.717, 1.165) is 29.8 Å². The van der Waals surface area contributed by atoms with Crippen LogP contribution in [0.2, 0.25) is 0 Å². The van der Waals surface area contributed by atoms with Crippen LogP contribution in [0.4, 0.5) is 11.4 Å². The maximum absolute atomic E-state index is 10.4. The van der Waals surface area contributed by atoms with E-state index in [9.17, 15) is 8.76 Å². The van der Waals surface area contributed by atoms with Crippen LogP contribution >= 0.6 is 0 Å². The van der Waals surface area contributed by atoms with Gasteiger partial charge in [0.2, 0.25) is 0 Å². The Balaban J connectivity index is 2.57. The van der Waals surface area contributed by atoms with Crippen LogP contribution in [0.1, 0.15) is 25.8 Å². The van der Waals surface area contributed by atoms with Crippen molar-refractivity contribution in [2.24, 2.45) is 0 Å². The largest absolute Gasteiger partial charge is 0.760 e. The van der Waals surface area contributed by atoms with Crippen molar-refractivity contribution < 1.29 is 8.76 Å². The van der Waals surface area contributed by atoms with Gasteiger partial charge in [-0.25, -0.2) is 4.72 Å². The first-order valence-corrected chi connectivity index (χ1v) is 7.08. The van der Waals surface area contributed by atoms with E-state index in [2.05, 4.69) is 17.0 Å². The smallest absolute Gasteiger partial charge is 0.0348 e. The maximum Gasteiger partial charge on any atom is 0.0348 e. The highest BCUT2D eigenvalue weighted by Gasteiger charge is 2.03. The molecule has 0 saturated carbocycles. The Hall–Kier alpha value is -1.11. The fourth-order valence-electron chi connectivity index (χ4n) is 1.68. The zero-order valence-corrected chi connectivity index (χ0v) is 11.5. The molecule has 1 rings (SSSR count). The van der Waals surface area contributed by atoms with Crippen LogP contribution in [0.25, 0.3) is 0 Å². The Morgan fingerprint density at radius 1 is 1.50 bits per heavy atom. The van der Waals surface area contributed by atoms with Gasteiger partial charge in [-0.2, -0.15) is 0 Å². The molecular formula is C12H20N3O2S-. The molecule has 0 aliphatic carbocycles. The van der Waals surface area contributed by atoms with Crippen LogP contribution in [0, 0.1) is 0 Å². The molecule has 18 heavy (non-hydrogen) atoms. The second-order valence-electron chi connectivity index (χ2n) is 4.30. The van der Waals surface area contributed by atoms with E-state index in [0.29, 0.717) is 6.54 Å². The van der Waals surface area contributed by atoms with Gasteiger partial charge in [0.25, 0.3) is 0 Å². The quantitative estimate of drug-likeness (QED) is 0.516. The van der Waals surface area contributed by atoms with Crippen LogP contribution in [0.15, 0.2) is 18.2 Å². The molecule has 0 saturated heterocycles. The van der Waals surface area contributed by atoms with E-state index < -0.39 is 11.3 Å². The lowest BCUT2D eigenvalue weighted by Gasteiger charge is -2.17. The number of anilines is 2. The average molecular weight is 270 g/mol. The number of hydrogen-bond acceptors (Lipinski definition) is 4. The molecule has 0 heterocycles. The van der Waals surface area contributed by atoms with Gasteiger partial charge in [-0.05, 0) is 37.1 Å². The van der Waals surface area contributed by atoms with Gasteiger partial charge in [0.1, 0.15) is 0 Å². The van der Waals surface area contributed by atoms with Crippen molar-refractivity contribution in [3.05, 3.63) is 23.8 Å². The highest BCUT2D eigenvalue weighted by Crippen LogP contribution is 2.19. The summed E-state index contributed by atoms with van der Waals surface area (Å²) in [6, 6.07) is 5.63. The zero-order chi connectivity index (χ0) is 13.5. The molecule has 0 fully saturated rings. The fourth-order valence-corrected chi connectivity index (χ4v) is 2.09. The minimum Gasteiger partial charge on any atom is -0.760 e. The molecule has 0 aliphatic rings. The third-order valence-electron chi connectivity index (χ3n) is 2.57. The summed E-state index contributed by atoms with van der Waals surface area (Å²) in [5.41, 5.74) is 8.75. The first-order chi connectivity index (χ1) is 8.52. The molecule has 0 spiro atoms. The van der Waals surface area contributed by atoms with Crippen molar-refractivity contribution in [2.75, 3.05) is 17.6 Å². The van der Waals surface area contributed by atoms with Gasteiger partial charge in [-0.1, -0.05) is 13.3 Å². The molecule has 0 amide bonds. The van der Waals surface area contributed by atoms with Gasteiger partial charge in [0.15, 0.2) is 0 Å². The standard InChI is InChI=1S/C12H21N3O2S/c1-3-4-10-7-11(5-6-12(10)13)14-8-9(2)15-18(16)17/h5-7,9,14-15H,3-4,8,13H2,1-2H3,(H,16,17)/p-1. The second-order valence-corrected chi connectivity index (χ2v) is 5.00. The summed E-state index contributed by atoms with van der Waals surface area (Å²) in [5, 5.41) is 3.18. The van der Waals surface area contributed by atoms with Gasteiger partial charge >= 0.3 is 0 Å². The SMILES string of the molecule is CCCc1cc(NCC(C)NS(=O)[O-])ccc1N. The number of benzene rings is 1. The van der Waals surface area contributed by atoms with Crippen LogP contribution < -0.4 is 15.8 Å². The Kier molecular flexibility index (Phi) is 6.11. The molecule has 1 aromatic carbocycles. The maximum atomic E-state index is 10.4. The van der Waals surface area contributed by atoms with E-state index >= 15 is 0 Å². The molecule has 0 bridgehead atoms. The molecule has 2 atom stereocenters. The van der Waals surface area contributed by atoms with E-state index in [4.69, 9.17) is 5.73 Å². The highest BCUT2D eigenvalue weighted by atomic mass is 32.2. The molecule has 4 N–H and O–H groups in total. The molecule has 1 aromatic rings. The number of aryl methyl sites for hydroxylation is 1. The lowest BCUT2D eigenvalue weighted by Crippen LogP contribution is -2.33. The predicted molar refractivity (Wildman–Crippen MR) is 74.9 cm³/mol. The lowest BCUT2D eigenvalue weighted by atomic mass is 10.1. The summed E-state index contributed by atoms with van der Waals surface area (Å²) in [5.74, 6) is 0. The molecule has 6 heteroatoms. The summed E-state index contributed by atoms with van der Waals surface area (Å²) >= 11 is -2.22. The molecule has 2 unspecified atom stereocenters. The lowest BCUT2D eigenvalue weighted by molar-refractivity contribution is 0.511. The summed E-state index contributed by atoms with van der Waals surface area (Å²) in [7, 11) is 0. The van der Waals surface area contributed by atoms with Gasteiger partial charge in [-0.15, -0.1) is 0 Å². The van der Waals surface area contributed by atoms with Crippen LogP contribution in [-0.4, -0.2) is 21.3 Å². The van der Waals surface area contributed by atoms with Crippen molar-refractivity contribution in [1.82, 2.24) is 4.72 Å². The molecule has 0 aliphatic heterocycles. The van der Waals surface area contributed by atoms with Crippen LogP contribution in [0.5, 0.6) is 0 Å². The first kappa shape index (κ1) is 14.9. The van der Waals surface area contributed by atoms with Crippen molar-refractivity contribution in [3.8, 4) is 0 Å². The average Bonchev–Trinajstić information content (AvgIpc) is 2.29. The number of rotatable bonds is 7. The van der Waals surface area contributed by atoms with Gasteiger partial charge in [0, 0.05) is 35.2 Å². The van der Waals surface area contributed by atoms with E-state index in [1.807, 2.05) is 18.2 Å². The highest BCUT2D eigenvalue weighted by molar-refractivity contribution is 7.77. The van der Waals surface area contributed by atoms with Crippen LogP contribution in [0.3, 0.4) is 0 Å². The fraction of sp³-hybridized carbons (Fsp3) is 0.500. The van der Waals surface area contributed by atoms with Crippen molar-refractivity contribution >= 4 is 22.6 Å². The number of nitrogen functional groups attached to an aromatic ring is 1. The third-order valence-corrected chi connectivity index (χ3v) is 3.17. The minimum absolute atomic E-state index is 0.157. The summed E-state index contributed by atoms with van der Waals surface area (Å²) < 4.78 is 23.3. The van der Waals surface area contributed by atoms with Gasteiger partial charge < -0.3 is 15.6 Å². The van der Waals surface area contributed by atoms with E-state index in [-0.39, 0.29) is 6.04 Å². The van der Waals surface area contributed by atoms with Gasteiger partial charge in [-0.3, -0.25) is 4.21 Å². The number of hydrogen-bond donors (Lipinski definition) is 3. The summed E-state index contributed by atoms with van der Waals surface area (Å²) in [6.45, 7) is 4.44. The zero-order valence-electron chi connectivity index (χ0n) is 10.7. The molecule has 0 aromatic heterocycles. The third kappa shape index (κ3) is 5.03. The Morgan fingerprint density at radius 2 is 2.22 bits per heavy atom. The minimum atomic E-state index is -2.22. The summed E-state index contributed by atoms with van der Waals surface area (Å²) in [6.07, 6.45) is 1.99. The molecule has 102 valence electrons. The topological polar surface area (TPSA) is 90.2 Å². The first-order valence-electron chi connectivity index (χ1n) is 6.00. The van der Waals surface area contributed by atoms with Gasteiger partial charge in [0.05, 0.1) is 0 Å². The van der Waals surface area contributed by atoms with Crippen LogP contribution in [-0.2, 0) is 17.7 Å². The molecular weight excluding hydrogens is 250 g/mol. The second kappa shape index (κ2) is 7.35.